The predicted octanol–water partition coefficient (Wildman–Crippen LogP) is 0.808. The number of halogens is 1. The predicted molar refractivity (Wildman–Crippen MR) is 50.1 cm³/mol. The van der Waals surface area contributed by atoms with Crippen LogP contribution in [-0.2, 0) is 6.61 Å². The third-order valence-corrected chi connectivity index (χ3v) is 2.00. The second-order valence-electron chi connectivity index (χ2n) is 2.64. The summed E-state index contributed by atoms with van der Waals surface area (Å²) in [5, 5.41) is 20.4. The van der Waals surface area contributed by atoms with Crippen LogP contribution in [0.4, 0.5) is 0 Å². The fourth-order valence-corrected chi connectivity index (χ4v) is 1.21. The molecule has 2 aromatic rings. The van der Waals surface area contributed by atoms with E-state index in [-0.39, 0.29) is 6.61 Å². The van der Waals surface area contributed by atoms with Crippen molar-refractivity contribution in [2.45, 2.75) is 6.61 Å². The Morgan fingerprint density at radius 2 is 2.00 bits per heavy atom. The molecule has 0 unspecified atom stereocenters. The van der Waals surface area contributed by atoms with E-state index in [1.165, 1.54) is 4.68 Å². The maximum Gasteiger partial charge on any atom is 0.182 e. The molecule has 0 aliphatic heterocycles. The number of benzene rings is 1. The molecule has 1 aromatic carbocycles. The molecule has 0 spiro atoms. The summed E-state index contributed by atoms with van der Waals surface area (Å²) in [4.78, 5) is 0. The van der Waals surface area contributed by atoms with Crippen LogP contribution in [0.3, 0.4) is 0 Å². The molecule has 0 saturated carbocycles. The summed E-state index contributed by atoms with van der Waals surface area (Å²) in [5.41, 5.74) is 0.767. The maximum absolute atomic E-state index is 8.93. The molecule has 0 bridgehead atoms. The Morgan fingerprint density at radius 1 is 1.29 bits per heavy atom. The van der Waals surface area contributed by atoms with Gasteiger partial charge in [0, 0.05) is 5.02 Å². The third-order valence-electron chi connectivity index (χ3n) is 1.75. The fourth-order valence-electron chi connectivity index (χ4n) is 1.09. The van der Waals surface area contributed by atoms with Crippen molar-refractivity contribution < 1.29 is 5.11 Å². The Bertz CT molecular complexity index is 425. The van der Waals surface area contributed by atoms with Gasteiger partial charge < -0.3 is 5.11 Å². The van der Waals surface area contributed by atoms with E-state index >= 15 is 0 Å². The number of aliphatic hydroxyl groups is 1. The highest BCUT2D eigenvalue weighted by atomic mass is 35.5. The van der Waals surface area contributed by atoms with Crippen LogP contribution in [0.1, 0.15) is 5.82 Å². The van der Waals surface area contributed by atoms with Crippen LogP contribution in [0.25, 0.3) is 5.69 Å². The minimum atomic E-state index is -0.199. The highest BCUT2D eigenvalue weighted by molar-refractivity contribution is 6.30. The van der Waals surface area contributed by atoms with Crippen LogP contribution >= 0.6 is 11.6 Å². The smallest absolute Gasteiger partial charge is 0.182 e. The van der Waals surface area contributed by atoms with Crippen molar-refractivity contribution in [2.75, 3.05) is 0 Å². The molecule has 72 valence electrons. The topological polar surface area (TPSA) is 63.8 Å². The monoisotopic (exact) mass is 210 g/mol. The summed E-state index contributed by atoms with van der Waals surface area (Å²) in [6.45, 7) is -0.199. The van der Waals surface area contributed by atoms with E-state index in [4.69, 9.17) is 16.7 Å². The van der Waals surface area contributed by atoms with E-state index < -0.39 is 0 Å². The summed E-state index contributed by atoms with van der Waals surface area (Å²) in [5.74, 6) is 0.396. The number of tetrazole rings is 1. The molecule has 0 atom stereocenters. The molecule has 1 heterocycles. The molecule has 14 heavy (non-hydrogen) atoms. The van der Waals surface area contributed by atoms with Gasteiger partial charge in [-0.1, -0.05) is 11.6 Å². The molecular weight excluding hydrogens is 204 g/mol. The van der Waals surface area contributed by atoms with Crippen molar-refractivity contribution >= 4 is 11.6 Å². The van der Waals surface area contributed by atoms with E-state index in [1.54, 1.807) is 24.3 Å². The zero-order chi connectivity index (χ0) is 9.97. The molecule has 2 rings (SSSR count). The van der Waals surface area contributed by atoms with Crippen molar-refractivity contribution in [2.24, 2.45) is 0 Å². The largest absolute Gasteiger partial charge is 0.388 e. The molecule has 5 nitrogen and oxygen atoms in total. The molecule has 0 saturated heterocycles. The highest BCUT2D eigenvalue weighted by Gasteiger charge is 2.05. The lowest BCUT2D eigenvalue weighted by Crippen LogP contribution is -2.02. The van der Waals surface area contributed by atoms with Gasteiger partial charge in [0.2, 0.25) is 0 Å². The molecular formula is C8H7ClN4O. The van der Waals surface area contributed by atoms with Crippen LogP contribution in [0.5, 0.6) is 0 Å². The molecule has 0 aliphatic carbocycles. The summed E-state index contributed by atoms with van der Waals surface area (Å²) >= 11 is 5.74. The summed E-state index contributed by atoms with van der Waals surface area (Å²) in [6, 6.07) is 7.02. The Balaban J connectivity index is 2.44. The van der Waals surface area contributed by atoms with Gasteiger partial charge in [-0.05, 0) is 34.7 Å². The van der Waals surface area contributed by atoms with Gasteiger partial charge in [0.1, 0.15) is 6.61 Å². The number of nitrogens with zero attached hydrogens (tertiary/aromatic N) is 4. The van der Waals surface area contributed by atoms with Crippen molar-refractivity contribution in [3.05, 3.63) is 35.1 Å². The van der Waals surface area contributed by atoms with E-state index in [9.17, 15) is 0 Å². The highest BCUT2D eigenvalue weighted by Crippen LogP contribution is 2.13. The number of aliphatic hydroxyl groups excluding tert-OH is 1. The Hall–Kier alpha value is -1.46. The summed E-state index contributed by atoms with van der Waals surface area (Å²) in [6.07, 6.45) is 0. The fraction of sp³-hybridized carbons (Fsp3) is 0.125. The van der Waals surface area contributed by atoms with E-state index in [0.717, 1.165) is 5.69 Å². The minimum Gasteiger partial charge on any atom is -0.388 e. The van der Waals surface area contributed by atoms with Gasteiger partial charge in [-0.15, -0.1) is 5.10 Å². The standard InChI is InChI=1S/C8H7ClN4O/c9-6-1-3-7(4-2-6)13-8(5-14)10-11-12-13/h1-4,14H,5H2. The summed E-state index contributed by atoms with van der Waals surface area (Å²) < 4.78 is 1.45. The number of aromatic nitrogens is 4. The quantitative estimate of drug-likeness (QED) is 0.797. The van der Waals surface area contributed by atoms with Crippen molar-refractivity contribution in [1.29, 1.82) is 0 Å². The first kappa shape index (κ1) is 9.11. The number of hydrogen-bond acceptors (Lipinski definition) is 4. The summed E-state index contributed by atoms with van der Waals surface area (Å²) in [7, 11) is 0. The lowest BCUT2D eigenvalue weighted by molar-refractivity contribution is 0.268. The van der Waals surface area contributed by atoms with Crippen LogP contribution in [0.2, 0.25) is 5.02 Å². The minimum absolute atomic E-state index is 0.199. The van der Waals surface area contributed by atoms with E-state index in [1.807, 2.05) is 0 Å². The molecule has 0 amide bonds. The van der Waals surface area contributed by atoms with E-state index in [2.05, 4.69) is 15.5 Å². The van der Waals surface area contributed by atoms with Gasteiger partial charge in [-0.25, -0.2) is 0 Å². The Morgan fingerprint density at radius 3 is 2.64 bits per heavy atom. The van der Waals surface area contributed by atoms with Crippen LogP contribution in [0.15, 0.2) is 24.3 Å². The zero-order valence-corrected chi connectivity index (χ0v) is 7.89. The van der Waals surface area contributed by atoms with Crippen molar-refractivity contribution in [3.63, 3.8) is 0 Å². The molecule has 6 heteroatoms. The lowest BCUT2D eigenvalue weighted by Gasteiger charge is -2.01. The maximum atomic E-state index is 8.93. The average Bonchev–Trinajstić information content (AvgIpc) is 2.67. The first-order valence-electron chi connectivity index (χ1n) is 3.95. The number of rotatable bonds is 2. The van der Waals surface area contributed by atoms with E-state index in [0.29, 0.717) is 10.8 Å². The molecule has 0 radical (unpaired) electrons. The lowest BCUT2D eigenvalue weighted by atomic mass is 10.3. The normalized spacial score (nSPS) is 10.4. The average molecular weight is 211 g/mol. The second-order valence-corrected chi connectivity index (χ2v) is 3.08. The van der Waals surface area contributed by atoms with Gasteiger partial charge in [0.05, 0.1) is 5.69 Å². The Kier molecular flexibility index (Phi) is 2.43. The van der Waals surface area contributed by atoms with Crippen molar-refractivity contribution in [3.8, 4) is 5.69 Å². The Labute approximate surface area is 84.9 Å². The first-order valence-corrected chi connectivity index (χ1v) is 4.33. The number of hydrogen-bond donors (Lipinski definition) is 1. The van der Waals surface area contributed by atoms with Crippen molar-refractivity contribution in [1.82, 2.24) is 20.2 Å². The molecule has 0 aliphatic rings. The van der Waals surface area contributed by atoms with Gasteiger partial charge >= 0.3 is 0 Å². The SMILES string of the molecule is OCc1nnnn1-c1ccc(Cl)cc1. The second kappa shape index (κ2) is 3.73. The van der Waals surface area contributed by atoms with Crippen LogP contribution in [-0.4, -0.2) is 25.3 Å². The zero-order valence-electron chi connectivity index (χ0n) is 7.13. The van der Waals surface area contributed by atoms with Gasteiger partial charge in [-0.3, -0.25) is 0 Å². The van der Waals surface area contributed by atoms with Crippen LogP contribution < -0.4 is 0 Å². The van der Waals surface area contributed by atoms with Gasteiger partial charge in [-0.2, -0.15) is 4.68 Å². The van der Waals surface area contributed by atoms with Gasteiger partial charge in [0.25, 0.3) is 0 Å². The first-order chi connectivity index (χ1) is 6.81. The molecule has 1 aromatic heterocycles. The van der Waals surface area contributed by atoms with Crippen LogP contribution in [0, 0.1) is 0 Å². The molecule has 0 fully saturated rings. The molecule has 1 N–H and O–H groups in total. The van der Waals surface area contributed by atoms with Gasteiger partial charge in [0.15, 0.2) is 5.82 Å². The third kappa shape index (κ3) is 1.59.